The molecule has 0 fully saturated rings. The molecule has 3 rings (SSSR count). The number of para-hydroxylation sites is 1. The molecule has 1 unspecified atom stereocenters. The van der Waals surface area contributed by atoms with Crippen molar-refractivity contribution in [1.82, 2.24) is 0 Å². The van der Waals surface area contributed by atoms with Gasteiger partial charge in [0, 0.05) is 16.8 Å². The Morgan fingerprint density at radius 2 is 2.00 bits per heavy atom. The van der Waals surface area contributed by atoms with Crippen molar-refractivity contribution in [3.63, 3.8) is 0 Å². The molecule has 128 valence electrons. The molecule has 1 aliphatic rings. The van der Waals surface area contributed by atoms with Gasteiger partial charge in [-0.1, -0.05) is 18.2 Å². The Morgan fingerprint density at radius 3 is 2.75 bits per heavy atom. The zero-order chi connectivity index (χ0) is 17.2. The van der Waals surface area contributed by atoms with Gasteiger partial charge < -0.3 is 4.74 Å². The summed E-state index contributed by atoms with van der Waals surface area (Å²) < 4.78 is 32.5. The first-order valence-corrected chi connectivity index (χ1v) is 10.5. The lowest BCUT2D eigenvalue weighted by Crippen LogP contribution is -2.37. The average molecular weight is 384 g/mol. The molecule has 0 amide bonds. The van der Waals surface area contributed by atoms with E-state index in [0.717, 1.165) is 4.90 Å². The van der Waals surface area contributed by atoms with Gasteiger partial charge in [-0.05, 0) is 37.1 Å². The number of sulfonamides is 1. The molecule has 0 aliphatic carbocycles. The van der Waals surface area contributed by atoms with Gasteiger partial charge in [-0.2, -0.15) is 0 Å². The molecule has 0 N–H and O–H groups in total. The molecule has 0 spiro atoms. The molecule has 2 aromatic rings. The van der Waals surface area contributed by atoms with Crippen molar-refractivity contribution >= 4 is 44.8 Å². The summed E-state index contributed by atoms with van der Waals surface area (Å²) in [4.78, 5) is 0.953. The number of halogens is 1. The Bertz CT molecular complexity index is 826. The molecule has 0 saturated heterocycles. The van der Waals surface area contributed by atoms with Crippen LogP contribution in [0.15, 0.2) is 53.4 Å². The Hall–Kier alpha value is -1.37. The summed E-state index contributed by atoms with van der Waals surface area (Å²) in [6.07, 6.45) is 1.18. The molecular weight excluding hydrogens is 366 g/mol. The summed E-state index contributed by atoms with van der Waals surface area (Å²) in [5.74, 6) is 1.07. The maximum atomic E-state index is 13.2. The van der Waals surface area contributed by atoms with E-state index in [9.17, 15) is 8.42 Å². The third-order valence-corrected chi connectivity index (χ3v) is 7.99. The molecule has 1 heterocycles. The van der Waals surface area contributed by atoms with Crippen LogP contribution in [-0.4, -0.2) is 26.0 Å². The van der Waals surface area contributed by atoms with E-state index in [1.807, 2.05) is 24.3 Å². The standard InChI is InChI=1S/C17H18ClNO3S2/c1-22-14-7-4-6-13(12-14)19-15-8-2-3-9-16(15)23-17(10-5-11-18)24(19,20)21/h2-4,6-9,12,17H,5,10-11H2,1H3. The molecule has 0 aromatic heterocycles. The summed E-state index contributed by atoms with van der Waals surface area (Å²) in [6, 6.07) is 14.7. The third-order valence-electron chi connectivity index (χ3n) is 3.79. The van der Waals surface area contributed by atoms with Gasteiger partial charge in [0.1, 0.15) is 10.3 Å². The number of ether oxygens (including phenoxy) is 1. The first kappa shape index (κ1) is 17.5. The number of benzene rings is 2. The first-order chi connectivity index (χ1) is 11.6. The Labute approximate surface area is 151 Å². The minimum absolute atomic E-state index is 0.452. The molecule has 0 saturated carbocycles. The average Bonchev–Trinajstić information content (AvgIpc) is 2.59. The van der Waals surface area contributed by atoms with Crippen molar-refractivity contribution in [2.45, 2.75) is 22.3 Å². The second kappa shape index (κ2) is 7.25. The molecule has 0 radical (unpaired) electrons. The van der Waals surface area contributed by atoms with E-state index >= 15 is 0 Å². The summed E-state index contributed by atoms with van der Waals surface area (Å²) >= 11 is 7.17. The number of anilines is 2. The van der Waals surface area contributed by atoms with Gasteiger partial charge in [-0.25, -0.2) is 12.7 Å². The molecule has 24 heavy (non-hydrogen) atoms. The minimum Gasteiger partial charge on any atom is -0.497 e. The smallest absolute Gasteiger partial charge is 0.252 e. The van der Waals surface area contributed by atoms with Crippen molar-refractivity contribution in [3.8, 4) is 5.75 Å². The molecule has 2 aromatic carbocycles. The van der Waals surface area contributed by atoms with E-state index < -0.39 is 14.6 Å². The maximum absolute atomic E-state index is 13.2. The fraction of sp³-hybridized carbons (Fsp3) is 0.294. The second-order valence-corrected chi connectivity index (χ2v) is 9.24. The van der Waals surface area contributed by atoms with Crippen LogP contribution in [0.2, 0.25) is 0 Å². The molecule has 4 nitrogen and oxygen atoms in total. The highest BCUT2D eigenvalue weighted by molar-refractivity contribution is 8.14. The second-order valence-electron chi connectivity index (χ2n) is 5.36. The largest absolute Gasteiger partial charge is 0.497 e. The van der Waals surface area contributed by atoms with Crippen LogP contribution in [0.3, 0.4) is 0 Å². The van der Waals surface area contributed by atoms with Gasteiger partial charge in [0.15, 0.2) is 0 Å². The third kappa shape index (κ3) is 3.23. The monoisotopic (exact) mass is 383 g/mol. The number of methoxy groups -OCH3 is 1. The predicted molar refractivity (Wildman–Crippen MR) is 100 cm³/mol. The summed E-state index contributed by atoms with van der Waals surface area (Å²) in [6.45, 7) is 0. The van der Waals surface area contributed by atoms with E-state index in [1.54, 1.807) is 31.4 Å². The number of nitrogens with zero attached hydrogens (tertiary/aromatic N) is 1. The van der Waals surface area contributed by atoms with Crippen molar-refractivity contribution in [3.05, 3.63) is 48.5 Å². The van der Waals surface area contributed by atoms with Crippen LogP contribution in [0.5, 0.6) is 5.75 Å². The van der Waals surface area contributed by atoms with Crippen LogP contribution in [0, 0.1) is 0 Å². The van der Waals surface area contributed by atoms with Gasteiger partial charge >= 0.3 is 0 Å². The lowest BCUT2D eigenvalue weighted by molar-refractivity contribution is 0.415. The fourth-order valence-corrected chi connectivity index (χ4v) is 6.47. The molecular formula is C17H18ClNO3S2. The van der Waals surface area contributed by atoms with E-state index in [2.05, 4.69) is 0 Å². The highest BCUT2D eigenvalue weighted by atomic mass is 35.5. The first-order valence-electron chi connectivity index (χ1n) is 7.58. The topological polar surface area (TPSA) is 46.6 Å². The Morgan fingerprint density at radius 1 is 1.21 bits per heavy atom. The summed E-state index contributed by atoms with van der Waals surface area (Å²) in [5, 5.41) is 0. The zero-order valence-electron chi connectivity index (χ0n) is 13.2. The highest BCUT2D eigenvalue weighted by Gasteiger charge is 2.39. The summed E-state index contributed by atoms with van der Waals surface area (Å²) in [5.41, 5.74) is 1.26. The normalized spacial score (nSPS) is 18.9. The lowest BCUT2D eigenvalue weighted by atomic mass is 10.2. The highest BCUT2D eigenvalue weighted by Crippen LogP contribution is 2.47. The summed E-state index contributed by atoms with van der Waals surface area (Å²) in [7, 11) is -1.98. The van der Waals surface area contributed by atoms with E-state index in [-0.39, 0.29) is 0 Å². The van der Waals surface area contributed by atoms with Crippen LogP contribution in [0.1, 0.15) is 12.8 Å². The van der Waals surface area contributed by atoms with E-state index in [1.165, 1.54) is 16.1 Å². The quantitative estimate of drug-likeness (QED) is 0.707. The number of alkyl halides is 1. The van der Waals surface area contributed by atoms with Crippen LogP contribution >= 0.6 is 23.4 Å². The van der Waals surface area contributed by atoms with Crippen molar-refractivity contribution in [1.29, 1.82) is 0 Å². The van der Waals surface area contributed by atoms with E-state index in [4.69, 9.17) is 16.3 Å². The number of hydrogen-bond acceptors (Lipinski definition) is 4. The van der Waals surface area contributed by atoms with E-state index in [0.29, 0.717) is 35.8 Å². The molecule has 7 heteroatoms. The zero-order valence-corrected chi connectivity index (χ0v) is 15.6. The minimum atomic E-state index is -3.55. The number of rotatable bonds is 5. The van der Waals surface area contributed by atoms with Crippen LogP contribution < -0.4 is 9.04 Å². The van der Waals surface area contributed by atoms with Gasteiger partial charge in [0.25, 0.3) is 10.0 Å². The fourth-order valence-electron chi connectivity index (χ4n) is 2.66. The molecule has 1 atom stereocenters. The van der Waals surface area contributed by atoms with Crippen LogP contribution in [0.4, 0.5) is 11.4 Å². The van der Waals surface area contributed by atoms with Crippen molar-refractivity contribution < 1.29 is 13.2 Å². The van der Waals surface area contributed by atoms with Gasteiger partial charge in [0.2, 0.25) is 0 Å². The van der Waals surface area contributed by atoms with Gasteiger partial charge in [-0.15, -0.1) is 23.4 Å². The van der Waals surface area contributed by atoms with Gasteiger partial charge in [-0.3, -0.25) is 0 Å². The Kier molecular flexibility index (Phi) is 5.27. The Balaban J connectivity index is 2.13. The number of hydrogen-bond donors (Lipinski definition) is 0. The number of thioether (sulfide) groups is 1. The van der Waals surface area contributed by atoms with Crippen molar-refractivity contribution in [2.75, 3.05) is 17.3 Å². The van der Waals surface area contributed by atoms with Gasteiger partial charge in [0.05, 0.1) is 18.5 Å². The van der Waals surface area contributed by atoms with Crippen molar-refractivity contribution in [2.24, 2.45) is 0 Å². The predicted octanol–water partition coefficient (Wildman–Crippen LogP) is 4.61. The lowest BCUT2D eigenvalue weighted by Gasteiger charge is -2.35. The maximum Gasteiger partial charge on any atom is 0.252 e. The molecule has 0 bridgehead atoms. The van der Waals surface area contributed by atoms with Crippen LogP contribution in [0.25, 0.3) is 0 Å². The molecule has 1 aliphatic heterocycles. The number of fused-ring (bicyclic) bond motifs is 1. The SMILES string of the molecule is COc1cccc(N2c3ccccc3SC(CCCCl)S2(=O)=O)c1. The van der Waals surface area contributed by atoms with Crippen LogP contribution in [-0.2, 0) is 10.0 Å².